The third kappa shape index (κ3) is 6.21. The van der Waals surface area contributed by atoms with Crippen LogP contribution in [0.2, 0.25) is 0 Å². The highest BCUT2D eigenvalue weighted by atomic mass is 19.1. The molecule has 0 aliphatic carbocycles. The average molecular weight is 494 g/mol. The minimum atomic E-state index is -0.389. The lowest BCUT2D eigenvalue weighted by Gasteiger charge is -2.13. The maximum atomic E-state index is 13.2. The Bertz CT molecular complexity index is 1470. The van der Waals surface area contributed by atoms with E-state index in [9.17, 15) is 9.18 Å². The van der Waals surface area contributed by atoms with Crippen molar-refractivity contribution in [1.29, 1.82) is 0 Å². The summed E-state index contributed by atoms with van der Waals surface area (Å²) in [5.41, 5.74) is 4.07. The van der Waals surface area contributed by atoms with E-state index in [2.05, 4.69) is 15.5 Å². The van der Waals surface area contributed by atoms with Crippen molar-refractivity contribution in [2.24, 2.45) is 0 Å². The van der Waals surface area contributed by atoms with Crippen LogP contribution < -0.4 is 14.8 Å². The first-order chi connectivity index (χ1) is 18.1. The molecule has 4 aromatic carbocycles. The average Bonchev–Trinajstić information content (AvgIpc) is 3.44. The van der Waals surface area contributed by atoms with Crippen molar-refractivity contribution in [2.75, 3.05) is 5.32 Å². The van der Waals surface area contributed by atoms with Crippen molar-refractivity contribution in [3.8, 4) is 22.8 Å². The first-order valence-corrected chi connectivity index (χ1v) is 11.7. The Morgan fingerprint density at radius 3 is 2.11 bits per heavy atom. The van der Waals surface area contributed by atoms with Gasteiger partial charge in [-0.15, -0.1) is 0 Å². The molecule has 1 amide bonds. The zero-order valence-electron chi connectivity index (χ0n) is 19.9. The maximum Gasteiger partial charge on any atom is 0.273 e. The van der Waals surface area contributed by atoms with Crippen LogP contribution in [0.4, 0.5) is 10.1 Å². The summed E-state index contributed by atoms with van der Waals surface area (Å²) in [5, 5.41) is 9.84. The number of amides is 1. The number of rotatable bonds is 9. The zero-order chi connectivity index (χ0) is 25.5. The van der Waals surface area contributed by atoms with Gasteiger partial charge in [0.15, 0.2) is 0 Å². The molecule has 0 radical (unpaired) electrons. The molecule has 5 aromatic rings. The molecule has 0 aliphatic heterocycles. The number of anilines is 1. The number of nitrogens with zero attached hydrogens (tertiary/aromatic N) is 1. The van der Waals surface area contributed by atoms with Crippen LogP contribution in [0.5, 0.6) is 11.5 Å². The summed E-state index contributed by atoms with van der Waals surface area (Å²) in [6, 6.07) is 32.5. The van der Waals surface area contributed by atoms with Crippen LogP contribution in [0, 0.1) is 5.82 Å². The van der Waals surface area contributed by atoms with Gasteiger partial charge in [-0.05, 0) is 53.6 Å². The van der Waals surface area contributed by atoms with Gasteiger partial charge in [0, 0.05) is 17.3 Å². The summed E-state index contributed by atoms with van der Waals surface area (Å²) < 4.78 is 25.3. The topological polar surface area (TPSA) is 76.2 Å². The van der Waals surface area contributed by atoms with Crippen LogP contribution in [-0.2, 0) is 13.2 Å². The molecule has 0 fully saturated rings. The molecular weight excluding hydrogens is 469 g/mol. The molecule has 37 heavy (non-hydrogen) atoms. The number of hydrogen-bond acceptors (Lipinski definition) is 4. The predicted molar refractivity (Wildman–Crippen MR) is 140 cm³/mol. The SMILES string of the molecule is O=C(Nc1ccc(F)cc1)c1cc(-c2ccc(OCc3ccccc3)cc2OCc2ccccc2)n[nH]1. The lowest BCUT2D eigenvalue weighted by Crippen LogP contribution is -2.12. The van der Waals surface area contributed by atoms with E-state index in [0.29, 0.717) is 41.7 Å². The monoisotopic (exact) mass is 493 g/mol. The van der Waals surface area contributed by atoms with Gasteiger partial charge in [-0.3, -0.25) is 9.89 Å². The smallest absolute Gasteiger partial charge is 0.273 e. The lowest BCUT2D eigenvalue weighted by atomic mass is 10.1. The fraction of sp³-hybridized carbons (Fsp3) is 0.0667. The van der Waals surface area contributed by atoms with Crippen LogP contribution in [-0.4, -0.2) is 16.1 Å². The lowest BCUT2D eigenvalue weighted by molar-refractivity contribution is 0.102. The molecule has 0 bridgehead atoms. The van der Waals surface area contributed by atoms with E-state index >= 15 is 0 Å². The second kappa shape index (κ2) is 11.2. The van der Waals surface area contributed by atoms with Gasteiger partial charge in [-0.2, -0.15) is 5.10 Å². The Kier molecular flexibility index (Phi) is 7.22. The number of aromatic amines is 1. The van der Waals surface area contributed by atoms with E-state index in [0.717, 1.165) is 11.1 Å². The summed E-state index contributed by atoms with van der Waals surface area (Å²) in [6.45, 7) is 0.784. The van der Waals surface area contributed by atoms with E-state index in [1.54, 1.807) is 6.07 Å². The second-order valence-electron chi connectivity index (χ2n) is 8.33. The van der Waals surface area contributed by atoms with Gasteiger partial charge in [0.1, 0.15) is 36.2 Å². The van der Waals surface area contributed by atoms with Crippen LogP contribution in [0.25, 0.3) is 11.3 Å². The van der Waals surface area contributed by atoms with Gasteiger partial charge < -0.3 is 14.8 Å². The van der Waals surface area contributed by atoms with E-state index in [4.69, 9.17) is 9.47 Å². The van der Waals surface area contributed by atoms with E-state index in [1.807, 2.05) is 78.9 Å². The Balaban J connectivity index is 1.37. The number of aromatic nitrogens is 2. The van der Waals surface area contributed by atoms with E-state index in [-0.39, 0.29) is 17.4 Å². The minimum Gasteiger partial charge on any atom is -0.489 e. The van der Waals surface area contributed by atoms with Gasteiger partial charge in [0.2, 0.25) is 0 Å². The van der Waals surface area contributed by atoms with Crippen molar-refractivity contribution in [2.45, 2.75) is 13.2 Å². The predicted octanol–water partition coefficient (Wildman–Crippen LogP) is 6.63. The summed E-state index contributed by atoms with van der Waals surface area (Å²) in [4.78, 5) is 12.7. The molecule has 6 nitrogen and oxygen atoms in total. The maximum absolute atomic E-state index is 13.2. The molecule has 5 rings (SSSR count). The fourth-order valence-electron chi connectivity index (χ4n) is 3.71. The second-order valence-corrected chi connectivity index (χ2v) is 8.33. The molecule has 0 aliphatic rings. The van der Waals surface area contributed by atoms with Crippen LogP contribution in [0.3, 0.4) is 0 Å². The van der Waals surface area contributed by atoms with Crippen LogP contribution in [0.15, 0.2) is 109 Å². The van der Waals surface area contributed by atoms with Crippen molar-refractivity contribution in [3.05, 3.63) is 132 Å². The van der Waals surface area contributed by atoms with Gasteiger partial charge >= 0.3 is 0 Å². The van der Waals surface area contributed by atoms with Gasteiger partial charge in [0.05, 0.1) is 5.69 Å². The first kappa shape index (κ1) is 23.8. The molecule has 0 spiro atoms. The van der Waals surface area contributed by atoms with Crippen LogP contribution >= 0.6 is 0 Å². The molecule has 1 aromatic heterocycles. The molecule has 0 unspecified atom stereocenters. The normalized spacial score (nSPS) is 10.6. The minimum absolute atomic E-state index is 0.262. The Morgan fingerprint density at radius 1 is 0.784 bits per heavy atom. The Hall–Kier alpha value is -4.91. The molecule has 0 saturated carbocycles. The summed E-state index contributed by atoms with van der Waals surface area (Å²) in [5.74, 6) is 0.466. The molecule has 184 valence electrons. The molecular formula is C30H24FN3O3. The van der Waals surface area contributed by atoms with Crippen molar-refractivity contribution >= 4 is 11.6 Å². The molecule has 7 heteroatoms. The summed E-state index contributed by atoms with van der Waals surface area (Å²) in [6.07, 6.45) is 0. The van der Waals surface area contributed by atoms with Crippen LogP contribution in [0.1, 0.15) is 21.6 Å². The molecule has 0 atom stereocenters. The number of nitrogens with one attached hydrogen (secondary N) is 2. The van der Waals surface area contributed by atoms with Crippen molar-refractivity contribution < 1.29 is 18.7 Å². The van der Waals surface area contributed by atoms with E-state index < -0.39 is 0 Å². The van der Waals surface area contributed by atoms with Crippen molar-refractivity contribution in [1.82, 2.24) is 10.2 Å². The van der Waals surface area contributed by atoms with Crippen molar-refractivity contribution in [3.63, 3.8) is 0 Å². The number of hydrogen-bond donors (Lipinski definition) is 2. The summed E-state index contributed by atoms with van der Waals surface area (Å²) >= 11 is 0. The third-order valence-electron chi connectivity index (χ3n) is 5.64. The quantitative estimate of drug-likeness (QED) is 0.242. The highest BCUT2D eigenvalue weighted by Gasteiger charge is 2.16. The number of carbonyl (C=O) groups excluding carboxylic acids is 1. The fourth-order valence-corrected chi connectivity index (χ4v) is 3.71. The van der Waals surface area contributed by atoms with Gasteiger partial charge in [-0.1, -0.05) is 60.7 Å². The number of benzene rings is 4. The Labute approximate surface area is 213 Å². The van der Waals surface area contributed by atoms with Gasteiger partial charge in [-0.25, -0.2) is 4.39 Å². The molecule has 0 saturated heterocycles. The number of ether oxygens (including phenoxy) is 2. The number of carbonyl (C=O) groups is 1. The molecule has 1 heterocycles. The zero-order valence-corrected chi connectivity index (χ0v) is 19.9. The summed E-state index contributed by atoms with van der Waals surface area (Å²) in [7, 11) is 0. The largest absolute Gasteiger partial charge is 0.489 e. The third-order valence-corrected chi connectivity index (χ3v) is 5.64. The number of halogens is 1. The first-order valence-electron chi connectivity index (χ1n) is 11.7. The van der Waals surface area contributed by atoms with E-state index in [1.165, 1.54) is 24.3 Å². The Morgan fingerprint density at radius 2 is 1.43 bits per heavy atom. The highest BCUT2D eigenvalue weighted by molar-refractivity contribution is 6.03. The molecule has 2 N–H and O–H groups in total. The standard InChI is InChI=1S/C30H24FN3O3/c31-23-11-13-24(14-12-23)32-30(35)28-18-27(33-34-28)26-16-15-25(36-19-21-7-3-1-4-8-21)17-29(26)37-20-22-9-5-2-6-10-22/h1-18H,19-20H2,(H,32,35)(H,33,34). The number of H-pyrrole nitrogens is 1. The highest BCUT2D eigenvalue weighted by Crippen LogP contribution is 2.34. The van der Waals surface area contributed by atoms with Gasteiger partial charge in [0.25, 0.3) is 5.91 Å².